The monoisotopic (exact) mass is 438 g/mol. The molecule has 0 saturated heterocycles. The van der Waals surface area contributed by atoms with Gasteiger partial charge in [0.1, 0.15) is 4.90 Å². The highest BCUT2D eigenvalue weighted by atomic mass is 32.2. The second-order valence-electron chi connectivity index (χ2n) is 7.92. The van der Waals surface area contributed by atoms with Crippen LogP contribution in [0.1, 0.15) is 37.6 Å². The largest absolute Gasteiger partial charge is 0.435 e. The lowest BCUT2D eigenvalue weighted by atomic mass is 9.87. The number of nitrogens with zero attached hydrogens (tertiary/aromatic N) is 2. The molecule has 0 atom stereocenters. The van der Waals surface area contributed by atoms with Crippen molar-refractivity contribution < 1.29 is 25.8 Å². The Morgan fingerprint density at radius 2 is 1.50 bits per heavy atom. The average Bonchev–Trinajstić information content (AvgIpc) is 3.05. The third-order valence-electron chi connectivity index (χ3n) is 4.45. The maximum absolute atomic E-state index is 13.2. The van der Waals surface area contributed by atoms with Gasteiger partial charge < -0.3 is 4.18 Å². The molecule has 0 aliphatic heterocycles. The van der Waals surface area contributed by atoms with E-state index in [0.29, 0.717) is 6.07 Å². The fourth-order valence-corrected chi connectivity index (χ4v) is 3.62. The summed E-state index contributed by atoms with van der Waals surface area (Å²) in [6, 6.07) is 13.0. The van der Waals surface area contributed by atoms with E-state index in [1.165, 1.54) is 24.3 Å². The molecule has 0 N–H and O–H groups in total. The van der Waals surface area contributed by atoms with Crippen molar-refractivity contribution in [3.8, 4) is 11.6 Å². The number of hydrogen-bond donors (Lipinski definition) is 0. The van der Waals surface area contributed by atoms with Gasteiger partial charge in [-0.05, 0) is 42.2 Å². The van der Waals surface area contributed by atoms with Crippen LogP contribution in [-0.4, -0.2) is 18.2 Å². The quantitative estimate of drug-likeness (QED) is 0.521. The van der Waals surface area contributed by atoms with Crippen LogP contribution in [0, 0.1) is 6.92 Å². The van der Waals surface area contributed by atoms with E-state index in [1.54, 1.807) is 24.3 Å². The van der Waals surface area contributed by atoms with E-state index in [2.05, 4.69) is 5.10 Å². The van der Waals surface area contributed by atoms with Gasteiger partial charge in [0.05, 0.1) is 5.69 Å². The molecule has 0 radical (unpaired) electrons. The van der Waals surface area contributed by atoms with Crippen LogP contribution < -0.4 is 4.18 Å². The van der Waals surface area contributed by atoms with Crippen LogP contribution >= 0.6 is 0 Å². The van der Waals surface area contributed by atoms with Gasteiger partial charge in [0.15, 0.2) is 5.69 Å². The molecule has 3 rings (SSSR count). The molecule has 0 saturated carbocycles. The fourth-order valence-electron chi connectivity index (χ4n) is 2.71. The van der Waals surface area contributed by atoms with Crippen molar-refractivity contribution in [2.24, 2.45) is 0 Å². The van der Waals surface area contributed by atoms with Crippen molar-refractivity contribution in [3.63, 3.8) is 0 Å². The summed E-state index contributed by atoms with van der Waals surface area (Å²) in [4.78, 5) is -0.166. The van der Waals surface area contributed by atoms with Crippen molar-refractivity contribution in [2.75, 3.05) is 0 Å². The minimum atomic E-state index is -4.76. The lowest BCUT2D eigenvalue weighted by molar-refractivity contribution is -0.141. The summed E-state index contributed by atoms with van der Waals surface area (Å²) in [5.41, 5.74) is 0.594. The first kappa shape index (κ1) is 21.9. The summed E-state index contributed by atoms with van der Waals surface area (Å²) in [5.74, 6) is -0.550. The van der Waals surface area contributed by atoms with E-state index in [1.807, 2.05) is 27.7 Å². The molecule has 1 heterocycles. The van der Waals surface area contributed by atoms with Crippen LogP contribution in [-0.2, 0) is 21.7 Å². The molecule has 0 fully saturated rings. The molecule has 30 heavy (non-hydrogen) atoms. The SMILES string of the molecule is Cc1ccc(-n2nc(C(F)(F)F)cc2OS(=O)(=O)c2ccc(C(C)(C)C)cc2)cc1. The summed E-state index contributed by atoms with van der Waals surface area (Å²) < 4.78 is 70.9. The normalized spacial score (nSPS) is 12.8. The average molecular weight is 438 g/mol. The van der Waals surface area contributed by atoms with Crippen LogP contribution in [0.3, 0.4) is 0 Å². The third kappa shape index (κ3) is 4.67. The number of hydrogen-bond acceptors (Lipinski definition) is 4. The van der Waals surface area contributed by atoms with E-state index < -0.39 is 27.9 Å². The van der Waals surface area contributed by atoms with Gasteiger partial charge in [0.25, 0.3) is 0 Å². The fraction of sp³-hybridized carbons (Fsp3) is 0.286. The first-order chi connectivity index (χ1) is 13.8. The minimum Gasteiger partial charge on any atom is -0.358 e. The van der Waals surface area contributed by atoms with Crippen LogP contribution in [0.15, 0.2) is 59.5 Å². The van der Waals surface area contributed by atoms with Gasteiger partial charge in [-0.3, -0.25) is 0 Å². The molecular formula is C21H21F3N2O3S. The van der Waals surface area contributed by atoms with Gasteiger partial charge in [-0.2, -0.15) is 31.4 Å². The molecule has 0 bridgehead atoms. The van der Waals surface area contributed by atoms with Crippen molar-refractivity contribution >= 4 is 10.1 Å². The highest BCUT2D eigenvalue weighted by molar-refractivity contribution is 7.87. The second kappa shape index (κ2) is 7.46. The molecule has 1 aromatic heterocycles. The van der Waals surface area contributed by atoms with Crippen LogP contribution in [0.2, 0.25) is 0 Å². The number of halogens is 3. The van der Waals surface area contributed by atoms with E-state index >= 15 is 0 Å². The van der Waals surface area contributed by atoms with Crippen LogP contribution in [0.4, 0.5) is 13.2 Å². The Morgan fingerprint density at radius 1 is 0.933 bits per heavy atom. The molecule has 0 unspecified atom stereocenters. The molecule has 0 aliphatic carbocycles. The highest BCUT2D eigenvalue weighted by Gasteiger charge is 2.36. The summed E-state index contributed by atoms with van der Waals surface area (Å²) in [7, 11) is -4.37. The Kier molecular flexibility index (Phi) is 5.44. The van der Waals surface area contributed by atoms with E-state index in [9.17, 15) is 21.6 Å². The summed E-state index contributed by atoms with van der Waals surface area (Å²) >= 11 is 0. The standard InChI is InChI=1S/C21H21F3N2O3S/c1-14-5-9-16(10-6-14)26-19(13-18(25-26)21(22,23)24)29-30(27,28)17-11-7-15(8-12-17)20(2,3)4/h5-13H,1-4H3. The molecular weight excluding hydrogens is 417 g/mol. The Bertz CT molecular complexity index is 1140. The lowest BCUT2D eigenvalue weighted by Crippen LogP contribution is -2.14. The number of rotatable bonds is 4. The van der Waals surface area contributed by atoms with Crippen LogP contribution in [0.5, 0.6) is 5.88 Å². The zero-order valence-corrected chi connectivity index (χ0v) is 17.7. The molecule has 5 nitrogen and oxygen atoms in total. The first-order valence-electron chi connectivity index (χ1n) is 9.07. The van der Waals surface area contributed by atoms with Crippen molar-refractivity contribution in [2.45, 2.75) is 44.2 Å². The Morgan fingerprint density at radius 3 is 2.00 bits per heavy atom. The zero-order valence-electron chi connectivity index (χ0n) is 16.9. The van der Waals surface area contributed by atoms with E-state index in [4.69, 9.17) is 4.18 Å². The Hall–Kier alpha value is -2.81. The molecule has 160 valence electrons. The predicted molar refractivity (Wildman–Crippen MR) is 106 cm³/mol. The highest BCUT2D eigenvalue weighted by Crippen LogP contribution is 2.33. The summed E-state index contributed by atoms with van der Waals surface area (Å²) in [6.07, 6.45) is -4.76. The summed E-state index contributed by atoms with van der Waals surface area (Å²) in [5, 5.41) is 3.51. The molecule has 0 aliphatic rings. The molecule has 3 aromatic rings. The van der Waals surface area contributed by atoms with Gasteiger partial charge in [-0.1, -0.05) is 50.6 Å². The number of aromatic nitrogens is 2. The van der Waals surface area contributed by atoms with Crippen molar-refractivity contribution in [3.05, 3.63) is 71.4 Å². The second-order valence-corrected chi connectivity index (χ2v) is 9.47. The van der Waals surface area contributed by atoms with Gasteiger partial charge in [-0.25, -0.2) is 0 Å². The van der Waals surface area contributed by atoms with Crippen LogP contribution in [0.25, 0.3) is 5.69 Å². The smallest absolute Gasteiger partial charge is 0.358 e. The van der Waals surface area contributed by atoms with Gasteiger partial charge in [0.2, 0.25) is 5.88 Å². The van der Waals surface area contributed by atoms with E-state index in [-0.39, 0.29) is 16.0 Å². The number of alkyl halides is 3. The molecule has 9 heteroatoms. The third-order valence-corrected chi connectivity index (χ3v) is 5.69. The topological polar surface area (TPSA) is 61.2 Å². The maximum Gasteiger partial charge on any atom is 0.435 e. The number of benzene rings is 2. The zero-order chi connectivity index (χ0) is 22.3. The Labute approximate surface area is 173 Å². The number of aryl methyl sites for hydroxylation is 1. The Balaban J connectivity index is 2.02. The van der Waals surface area contributed by atoms with Gasteiger partial charge in [0, 0.05) is 6.07 Å². The molecule has 2 aromatic carbocycles. The van der Waals surface area contributed by atoms with E-state index in [0.717, 1.165) is 15.8 Å². The van der Waals surface area contributed by atoms with Crippen molar-refractivity contribution in [1.29, 1.82) is 0 Å². The predicted octanol–water partition coefficient (Wildman–Crippen LogP) is 5.26. The van der Waals surface area contributed by atoms with Gasteiger partial charge in [-0.15, -0.1) is 0 Å². The minimum absolute atomic E-state index is 0.166. The molecule has 0 spiro atoms. The lowest BCUT2D eigenvalue weighted by Gasteiger charge is -2.19. The molecule has 0 amide bonds. The maximum atomic E-state index is 13.2. The van der Waals surface area contributed by atoms with Gasteiger partial charge >= 0.3 is 16.3 Å². The summed E-state index contributed by atoms with van der Waals surface area (Å²) in [6.45, 7) is 7.75. The van der Waals surface area contributed by atoms with Crippen molar-refractivity contribution in [1.82, 2.24) is 9.78 Å². The first-order valence-corrected chi connectivity index (χ1v) is 10.5.